The summed E-state index contributed by atoms with van der Waals surface area (Å²) in [6.07, 6.45) is 0.0314. The summed E-state index contributed by atoms with van der Waals surface area (Å²) in [7, 11) is 0. The van der Waals surface area contributed by atoms with Gasteiger partial charge in [0.15, 0.2) is 11.5 Å². The van der Waals surface area contributed by atoms with Crippen LogP contribution >= 0.6 is 0 Å². The van der Waals surface area contributed by atoms with Gasteiger partial charge in [-0.05, 0) is 47.9 Å². The quantitative estimate of drug-likeness (QED) is 0.241. The molecule has 3 aromatic rings. The van der Waals surface area contributed by atoms with Gasteiger partial charge in [0.1, 0.15) is 41.7 Å². The molecule has 3 atom stereocenters. The molecule has 9 nitrogen and oxygen atoms in total. The van der Waals surface area contributed by atoms with E-state index < -0.39 is 29.3 Å². The van der Waals surface area contributed by atoms with Crippen LogP contribution in [-0.2, 0) is 16.6 Å². The number of halogens is 1. The van der Waals surface area contributed by atoms with E-state index >= 15 is 4.39 Å². The van der Waals surface area contributed by atoms with Crippen LogP contribution in [0.1, 0.15) is 76.6 Å². The van der Waals surface area contributed by atoms with E-state index in [1.165, 1.54) is 6.07 Å². The van der Waals surface area contributed by atoms with Gasteiger partial charge < -0.3 is 39.2 Å². The highest BCUT2D eigenvalue weighted by Crippen LogP contribution is 2.56. The van der Waals surface area contributed by atoms with E-state index in [0.717, 1.165) is 5.56 Å². The molecule has 47 heavy (non-hydrogen) atoms. The Labute approximate surface area is 274 Å². The molecule has 3 aliphatic heterocycles. The molecule has 0 bridgehead atoms. The van der Waals surface area contributed by atoms with Crippen molar-refractivity contribution < 1.29 is 43.1 Å². The number of benzene rings is 3. The number of hydrogen-bond acceptors (Lipinski definition) is 8. The van der Waals surface area contributed by atoms with Gasteiger partial charge in [-0.3, -0.25) is 4.79 Å². The molecule has 10 heteroatoms. The minimum absolute atomic E-state index is 0.0258. The van der Waals surface area contributed by atoms with Crippen molar-refractivity contribution in [2.24, 2.45) is 10.8 Å². The first kappa shape index (κ1) is 32.9. The van der Waals surface area contributed by atoms with E-state index in [9.17, 15) is 15.0 Å². The van der Waals surface area contributed by atoms with Gasteiger partial charge in [-0.15, -0.1) is 0 Å². The molecule has 3 heterocycles. The van der Waals surface area contributed by atoms with E-state index in [2.05, 4.69) is 5.32 Å². The summed E-state index contributed by atoms with van der Waals surface area (Å²) >= 11 is 0. The number of rotatable bonds is 10. The second-order valence-electron chi connectivity index (χ2n) is 15.1. The lowest BCUT2D eigenvalue weighted by molar-refractivity contribution is -0.118. The predicted octanol–water partition coefficient (Wildman–Crippen LogP) is 6.13. The van der Waals surface area contributed by atoms with Crippen LogP contribution in [0.25, 0.3) is 0 Å². The fourth-order valence-electron chi connectivity index (χ4n) is 6.83. The van der Waals surface area contributed by atoms with Crippen molar-refractivity contribution in [2.75, 3.05) is 31.9 Å². The third-order valence-electron chi connectivity index (χ3n) is 8.63. The van der Waals surface area contributed by atoms with Crippen LogP contribution in [0, 0.1) is 16.6 Å². The van der Waals surface area contributed by atoms with Crippen molar-refractivity contribution in [3.63, 3.8) is 0 Å². The molecule has 0 saturated heterocycles. The summed E-state index contributed by atoms with van der Waals surface area (Å²) in [5.74, 6) is 0.877. The zero-order valence-corrected chi connectivity index (χ0v) is 27.9. The van der Waals surface area contributed by atoms with Gasteiger partial charge in [-0.1, -0.05) is 53.7 Å². The fraction of sp³-hybridized carbons (Fsp3) is 0.486. The molecule has 0 fully saturated rings. The average molecular weight is 650 g/mol. The van der Waals surface area contributed by atoms with Gasteiger partial charge in [0.2, 0.25) is 12.7 Å². The molecule has 6 rings (SSSR count). The molecular weight excluding hydrogens is 605 g/mol. The Hall–Kier alpha value is -4.02. The third-order valence-corrected chi connectivity index (χ3v) is 8.63. The Kier molecular flexibility index (Phi) is 8.55. The van der Waals surface area contributed by atoms with E-state index in [4.69, 9.17) is 23.7 Å². The van der Waals surface area contributed by atoms with E-state index in [0.29, 0.717) is 65.6 Å². The lowest BCUT2D eigenvalue weighted by Crippen LogP contribution is -2.38. The maximum absolute atomic E-state index is 15.5. The monoisotopic (exact) mass is 649 g/mol. The predicted molar refractivity (Wildman–Crippen MR) is 174 cm³/mol. The highest BCUT2D eigenvalue weighted by atomic mass is 19.1. The first-order valence-corrected chi connectivity index (χ1v) is 16.1. The smallest absolute Gasteiger partial charge is 0.244 e. The third kappa shape index (κ3) is 6.45. The van der Waals surface area contributed by atoms with Crippen molar-refractivity contribution in [2.45, 2.75) is 78.4 Å². The molecule has 1 unspecified atom stereocenters. The number of carbonyl (C=O) groups excluding carboxylic acids is 1. The van der Waals surface area contributed by atoms with Crippen LogP contribution in [0.15, 0.2) is 42.5 Å². The van der Waals surface area contributed by atoms with Gasteiger partial charge >= 0.3 is 0 Å². The van der Waals surface area contributed by atoms with E-state index in [-0.39, 0.29) is 42.3 Å². The molecule has 3 aliphatic rings. The van der Waals surface area contributed by atoms with E-state index in [1.807, 2.05) is 47.6 Å². The SMILES string of the molecule is CC(C)(C)C[C@@H](O)COc1cc2c(cc1C1(c3cc4c(cc3OC[C@H](O)CC(C)(C)C)OCO4)C(=O)Nc3c(F)cccc31)OCC2. The summed E-state index contributed by atoms with van der Waals surface area (Å²) in [5, 5.41) is 24.6. The van der Waals surface area contributed by atoms with E-state index in [1.54, 1.807) is 30.3 Å². The second kappa shape index (κ2) is 12.2. The first-order chi connectivity index (χ1) is 22.2. The number of anilines is 1. The molecule has 3 N–H and O–H groups in total. The van der Waals surface area contributed by atoms with Crippen molar-refractivity contribution >= 4 is 11.6 Å². The summed E-state index contributed by atoms with van der Waals surface area (Å²) in [5.41, 5.74) is 0.0113. The van der Waals surface area contributed by atoms with Gasteiger partial charge in [-0.25, -0.2) is 4.39 Å². The summed E-state index contributed by atoms with van der Waals surface area (Å²) in [6, 6.07) is 11.5. The number of aliphatic hydroxyl groups excluding tert-OH is 2. The zero-order valence-electron chi connectivity index (χ0n) is 27.9. The number of amides is 1. The fourth-order valence-corrected chi connectivity index (χ4v) is 6.83. The highest BCUT2D eigenvalue weighted by Gasteiger charge is 2.55. The number of aliphatic hydroxyl groups is 2. The summed E-state index contributed by atoms with van der Waals surface area (Å²) < 4.78 is 45.7. The number of para-hydroxylation sites is 1. The van der Waals surface area contributed by atoms with Crippen molar-refractivity contribution in [1.29, 1.82) is 0 Å². The normalized spacial score (nSPS) is 19.5. The van der Waals surface area contributed by atoms with Gasteiger partial charge in [0.25, 0.3) is 0 Å². The molecule has 0 spiro atoms. The lowest BCUT2D eigenvalue weighted by atomic mass is 9.69. The maximum atomic E-state index is 15.5. The van der Waals surface area contributed by atoms with Gasteiger partial charge in [-0.2, -0.15) is 0 Å². The average Bonchev–Trinajstić information content (AvgIpc) is 3.69. The summed E-state index contributed by atoms with van der Waals surface area (Å²) in [6.45, 7) is 12.5. The first-order valence-electron chi connectivity index (χ1n) is 16.1. The Morgan fingerprint density at radius 2 is 1.40 bits per heavy atom. The Morgan fingerprint density at radius 3 is 2.02 bits per heavy atom. The largest absolute Gasteiger partial charge is 0.493 e. The van der Waals surface area contributed by atoms with Crippen molar-refractivity contribution in [3.05, 3.63) is 70.5 Å². The van der Waals surface area contributed by atoms with Crippen LogP contribution < -0.4 is 29.0 Å². The van der Waals surface area contributed by atoms with Crippen LogP contribution in [-0.4, -0.2) is 54.9 Å². The minimum atomic E-state index is -1.71. The molecule has 1 amide bonds. The van der Waals surface area contributed by atoms with Gasteiger partial charge in [0.05, 0.1) is 24.5 Å². The number of ether oxygens (including phenoxy) is 5. The number of nitrogens with one attached hydrogen (secondary N) is 1. The van der Waals surface area contributed by atoms with Crippen LogP contribution in [0.4, 0.5) is 10.1 Å². The molecule has 0 saturated carbocycles. The Bertz CT molecular complexity index is 1590. The zero-order chi connectivity index (χ0) is 33.7. The maximum Gasteiger partial charge on any atom is 0.244 e. The topological polar surface area (TPSA) is 116 Å². The van der Waals surface area contributed by atoms with Crippen molar-refractivity contribution in [3.8, 4) is 28.7 Å². The highest BCUT2D eigenvalue weighted by molar-refractivity contribution is 6.12. The minimum Gasteiger partial charge on any atom is -0.493 e. The molecule has 0 radical (unpaired) electrons. The molecule has 252 valence electrons. The number of fused-ring (bicyclic) bond motifs is 3. The second-order valence-corrected chi connectivity index (χ2v) is 15.1. The lowest BCUT2D eigenvalue weighted by Gasteiger charge is -2.33. The molecular formula is C37H44FNO8. The standard InChI is InChI=1S/C37H44FNO8/c1-35(2,3)16-22(40)18-44-29-12-21-10-11-43-28(21)13-25(29)37(24-8-7-9-27(38)33(24)39-34(37)42)26-14-31-32(47-20-46-31)15-30(26)45-19-23(41)17-36(4,5)6/h7-9,12-15,22-23,40-41H,10-11,16-20H2,1-6H3,(H,39,42)/t22-,23-,37?/m1/s1. The van der Waals surface area contributed by atoms with Crippen LogP contribution in [0.3, 0.4) is 0 Å². The van der Waals surface area contributed by atoms with Gasteiger partial charge in [0, 0.05) is 34.7 Å². The van der Waals surface area contributed by atoms with Crippen LogP contribution in [0.2, 0.25) is 0 Å². The molecule has 3 aromatic carbocycles. The number of carbonyl (C=O) groups is 1. The molecule has 0 aliphatic carbocycles. The van der Waals surface area contributed by atoms with Crippen LogP contribution in [0.5, 0.6) is 28.7 Å². The molecule has 0 aromatic heterocycles. The van der Waals surface area contributed by atoms with Crippen molar-refractivity contribution in [1.82, 2.24) is 0 Å². The Balaban J connectivity index is 1.56. The Morgan fingerprint density at radius 1 is 0.830 bits per heavy atom. The summed E-state index contributed by atoms with van der Waals surface area (Å²) in [4.78, 5) is 14.7. The number of hydrogen-bond donors (Lipinski definition) is 3.